The second-order valence-electron chi connectivity index (χ2n) is 7.52. The summed E-state index contributed by atoms with van der Waals surface area (Å²) in [6.07, 6.45) is 0.672. The summed E-state index contributed by atoms with van der Waals surface area (Å²) in [7, 11) is 1.63. The number of amides is 3. The van der Waals surface area contributed by atoms with Crippen LogP contribution in [0.15, 0.2) is 59.7 Å². The summed E-state index contributed by atoms with van der Waals surface area (Å²) in [5.74, 6) is 0.0779. The molecule has 3 aliphatic heterocycles. The van der Waals surface area contributed by atoms with Crippen LogP contribution in [0.2, 0.25) is 0 Å². The monoisotopic (exact) mass is 468 g/mol. The molecule has 5 rings (SSSR count). The number of ether oxygens (including phenoxy) is 1. The molecule has 0 bridgehead atoms. The van der Waals surface area contributed by atoms with Gasteiger partial charge in [-0.1, -0.05) is 54.2 Å². The van der Waals surface area contributed by atoms with E-state index in [-0.39, 0.29) is 11.9 Å². The van der Waals surface area contributed by atoms with E-state index in [2.05, 4.69) is 10.6 Å². The standard InChI is InChI=1S/C22H20N4O4S2/c1-30-14-9-7-13(8-10-14)16-11-15(12-5-3-2-4-6-12)25-26(16)21-23-19(27)17(31-21)18-20(28)24-22(29)32-18/h2-10,16-18,21H,11H2,1H3,(H,23,27)(H,24,28,29)/t16-,17+,18+,21-/m0/s1. The van der Waals surface area contributed by atoms with Gasteiger partial charge in [0.2, 0.25) is 11.8 Å². The highest BCUT2D eigenvalue weighted by atomic mass is 32.2. The molecule has 32 heavy (non-hydrogen) atoms. The van der Waals surface area contributed by atoms with Crippen LogP contribution in [-0.4, -0.2) is 50.9 Å². The lowest BCUT2D eigenvalue weighted by molar-refractivity contribution is -0.124. The molecular weight excluding hydrogens is 448 g/mol. The zero-order valence-electron chi connectivity index (χ0n) is 17.1. The molecular formula is C22H20N4O4S2. The van der Waals surface area contributed by atoms with Crippen LogP contribution < -0.4 is 15.4 Å². The highest BCUT2D eigenvalue weighted by Gasteiger charge is 2.49. The van der Waals surface area contributed by atoms with Crippen molar-refractivity contribution in [3.05, 3.63) is 65.7 Å². The van der Waals surface area contributed by atoms with E-state index in [0.717, 1.165) is 34.3 Å². The molecule has 164 valence electrons. The highest BCUT2D eigenvalue weighted by Crippen LogP contribution is 2.42. The molecule has 2 fully saturated rings. The van der Waals surface area contributed by atoms with Gasteiger partial charge in [0, 0.05) is 6.42 Å². The molecule has 10 heteroatoms. The van der Waals surface area contributed by atoms with Crippen LogP contribution in [0.25, 0.3) is 0 Å². The molecule has 3 aliphatic rings. The van der Waals surface area contributed by atoms with Gasteiger partial charge in [-0.25, -0.2) is 0 Å². The van der Waals surface area contributed by atoms with E-state index < -0.39 is 27.1 Å². The third-order valence-electron chi connectivity index (χ3n) is 5.58. The van der Waals surface area contributed by atoms with Gasteiger partial charge in [0.1, 0.15) is 16.2 Å². The Morgan fingerprint density at radius 2 is 1.75 bits per heavy atom. The molecule has 0 radical (unpaired) electrons. The average molecular weight is 469 g/mol. The molecule has 0 saturated carbocycles. The summed E-state index contributed by atoms with van der Waals surface area (Å²) in [6, 6.07) is 17.6. The van der Waals surface area contributed by atoms with Crippen molar-refractivity contribution >= 4 is 46.3 Å². The van der Waals surface area contributed by atoms with Crippen LogP contribution in [0.3, 0.4) is 0 Å². The maximum atomic E-state index is 12.7. The van der Waals surface area contributed by atoms with Gasteiger partial charge in [0.15, 0.2) is 5.50 Å². The lowest BCUT2D eigenvalue weighted by Crippen LogP contribution is -2.40. The molecule has 2 N–H and O–H groups in total. The van der Waals surface area contributed by atoms with Crippen LogP contribution in [-0.2, 0) is 9.59 Å². The zero-order valence-corrected chi connectivity index (χ0v) is 18.7. The van der Waals surface area contributed by atoms with Crippen molar-refractivity contribution in [2.24, 2.45) is 5.10 Å². The van der Waals surface area contributed by atoms with Crippen molar-refractivity contribution in [3.8, 4) is 5.75 Å². The lowest BCUT2D eigenvalue weighted by Gasteiger charge is -2.29. The fraction of sp³-hybridized carbons (Fsp3) is 0.273. The summed E-state index contributed by atoms with van der Waals surface area (Å²) in [6.45, 7) is 0. The molecule has 3 heterocycles. The molecule has 0 aromatic heterocycles. The average Bonchev–Trinajstić information content (AvgIpc) is 3.50. The molecule has 4 atom stereocenters. The van der Waals surface area contributed by atoms with Crippen LogP contribution in [0.5, 0.6) is 5.75 Å². The number of nitrogens with one attached hydrogen (secondary N) is 2. The Kier molecular flexibility index (Phi) is 5.56. The first-order chi connectivity index (χ1) is 15.5. The number of rotatable bonds is 5. The topological polar surface area (TPSA) is 100 Å². The van der Waals surface area contributed by atoms with Crippen LogP contribution in [0.4, 0.5) is 4.79 Å². The van der Waals surface area contributed by atoms with E-state index in [0.29, 0.717) is 6.42 Å². The fourth-order valence-corrected chi connectivity index (χ4v) is 6.39. The summed E-state index contributed by atoms with van der Waals surface area (Å²) < 4.78 is 5.28. The van der Waals surface area contributed by atoms with Gasteiger partial charge < -0.3 is 10.1 Å². The van der Waals surface area contributed by atoms with Gasteiger partial charge in [-0.05, 0) is 35.0 Å². The number of carbonyl (C=O) groups is 3. The number of benzene rings is 2. The molecule has 0 unspecified atom stereocenters. The number of methoxy groups -OCH3 is 1. The van der Waals surface area contributed by atoms with Crippen molar-refractivity contribution in [1.82, 2.24) is 15.6 Å². The highest BCUT2D eigenvalue weighted by molar-refractivity contribution is 8.16. The maximum absolute atomic E-state index is 12.7. The fourth-order valence-electron chi connectivity index (χ4n) is 3.99. The number of imide groups is 1. The normalized spacial score (nSPS) is 27.3. The first kappa shape index (κ1) is 20.9. The Hall–Kier alpha value is -2.98. The minimum absolute atomic E-state index is 0.0978. The Labute approximate surface area is 193 Å². The van der Waals surface area contributed by atoms with Crippen LogP contribution in [0, 0.1) is 0 Å². The minimum atomic E-state index is -0.739. The molecule has 3 amide bonds. The number of hydrogen-bond donors (Lipinski definition) is 2. The first-order valence-corrected chi connectivity index (χ1v) is 11.9. The largest absolute Gasteiger partial charge is 0.497 e. The molecule has 2 saturated heterocycles. The third kappa shape index (κ3) is 3.84. The zero-order chi connectivity index (χ0) is 22.2. The van der Waals surface area contributed by atoms with Gasteiger partial charge in [-0.2, -0.15) is 5.10 Å². The second kappa shape index (κ2) is 8.51. The van der Waals surface area contributed by atoms with E-state index in [1.54, 1.807) is 7.11 Å². The van der Waals surface area contributed by atoms with E-state index in [1.165, 1.54) is 11.8 Å². The first-order valence-electron chi connectivity index (χ1n) is 10.1. The van der Waals surface area contributed by atoms with Crippen molar-refractivity contribution in [2.45, 2.75) is 28.5 Å². The summed E-state index contributed by atoms with van der Waals surface area (Å²) in [5.41, 5.74) is 2.54. The predicted octanol–water partition coefficient (Wildman–Crippen LogP) is 2.71. The molecule has 8 nitrogen and oxygen atoms in total. The van der Waals surface area contributed by atoms with Crippen molar-refractivity contribution < 1.29 is 19.1 Å². The minimum Gasteiger partial charge on any atom is -0.497 e. The summed E-state index contributed by atoms with van der Waals surface area (Å²) >= 11 is 2.19. The number of hydrogen-bond acceptors (Lipinski definition) is 8. The maximum Gasteiger partial charge on any atom is 0.286 e. The number of carbonyl (C=O) groups excluding carboxylic acids is 3. The van der Waals surface area contributed by atoms with Gasteiger partial charge in [-0.3, -0.25) is 24.7 Å². The number of thioether (sulfide) groups is 2. The van der Waals surface area contributed by atoms with Crippen LogP contribution in [0.1, 0.15) is 23.6 Å². The van der Waals surface area contributed by atoms with Crippen molar-refractivity contribution in [2.75, 3.05) is 7.11 Å². The van der Waals surface area contributed by atoms with E-state index in [9.17, 15) is 14.4 Å². The molecule has 0 spiro atoms. The SMILES string of the molecule is COc1ccc([C@@H]2CC(c3ccccc3)=NN2[C@@H]2NC(=O)[C@@H]([C@H]3SC(=O)NC3=O)S2)cc1. The number of hydrazone groups is 1. The van der Waals surface area contributed by atoms with Gasteiger partial charge >= 0.3 is 0 Å². The van der Waals surface area contributed by atoms with Gasteiger partial charge in [-0.15, -0.1) is 0 Å². The third-order valence-corrected chi connectivity index (χ3v) is 8.18. The quantitative estimate of drug-likeness (QED) is 0.696. The van der Waals surface area contributed by atoms with E-state index in [4.69, 9.17) is 9.84 Å². The van der Waals surface area contributed by atoms with Crippen molar-refractivity contribution in [1.29, 1.82) is 0 Å². The Bertz CT molecular complexity index is 1090. The van der Waals surface area contributed by atoms with Gasteiger partial charge in [0.05, 0.1) is 18.9 Å². The predicted molar refractivity (Wildman–Crippen MR) is 123 cm³/mol. The smallest absolute Gasteiger partial charge is 0.286 e. The Balaban J connectivity index is 1.44. The van der Waals surface area contributed by atoms with Crippen molar-refractivity contribution in [3.63, 3.8) is 0 Å². The summed E-state index contributed by atoms with van der Waals surface area (Å²) in [5, 5.41) is 10.2. The Morgan fingerprint density at radius 3 is 2.41 bits per heavy atom. The van der Waals surface area contributed by atoms with Gasteiger partial charge in [0.25, 0.3) is 5.24 Å². The summed E-state index contributed by atoms with van der Waals surface area (Å²) in [4.78, 5) is 36.5. The van der Waals surface area contributed by atoms with Crippen LogP contribution >= 0.6 is 23.5 Å². The van der Waals surface area contributed by atoms with E-state index in [1.807, 2.05) is 59.6 Å². The molecule has 2 aromatic carbocycles. The van der Waals surface area contributed by atoms with E-state index >= 15 is 0 Å². The Morgan fingerprint density at radius 1 is 1.00 bits per heavy atom. The second-order valence-corrected chi connectivity index (χ2v) is 9.86. The molecule has 2 aromatic rings. The lowest BCUT2D eigenvalue weighted by atomic mass is 9.98. The number of nitrogens with zero attached hydrogens (tertiary/aromatic N) is 2. The molecule has 0 aliphatic carbocycles.